The van der Waals surface area contributed by atoms with E-state index in [-0.39, 0.29) is 30.0 Å². The molecule has 16 heteroatoms. The van der Waals surface area contributed by atoms with Gasteiger partial charge in [0.2, 0.25) is 0 Å². The van der Waals surface area contributed by atoms with Crippen molar-refractivity contribution in [3.63, 3.8) is 0 Å². The van der Waals surface area contributed by atoms with Crippen molar-refractivity contribution in [1.29, 1.82) is 0 Å². The predicted octanol–water partition coefficient (Wildman–Crippen LogP) is 0.530. The number of fused-ring (bicyclic) bond motifs is 2. The lowest BCUT2D eigenvalue weighted by Crippen LogP contribution is -2.65. The number of hydrogen-bond acceptors (Lipinski definition) is 10. The average molecular weight is 625 g/mol. The minimum Gasteiger partial charge on any atom is -0.481 e. The maximum absolute atomic E-state index is 12.6. The summed E-state index contributed by atoms with van der Waals surface area (Å²) in [5.74, 6) is -4.77. The first-order chi connectivity index (χ1) is 19.7. The molecule has 1 amide bonds. The average Bonchev–Trinajstić information content (AvgIpc) is 3.43. The zero-order chi connectivity index (χ0) is 30.6. The number of Topliss-reactive ketones (excluding diaryl/α,β-unsaturated/α-hetero) is 1. The van der Waals surface area contributed by atoms with Gasteiger partial charge in [-0.3, -0.25) is 24.1 Å². The SMILES string of the molecule is CC1(C)S[C@@H]2[C@H](N=CN3CCCCCC3)C(=O)N2[C@H]1C(=O)O.C[C@]1(Cn2ccnn2)[C@H](C(=O)O)C2C(=O)CC2S1(=O)=O. The molecule has 14 nitrogen and oxygen atoms in total. The third-order valence-electron chi connectivity index (χ3n) is 9.13. The van der Waals surface area contributed by atoms with Crippen LogP contribution >= 0.6 is 11.8 Å². The first-order valence-electron chi connectivity index (χ1n) is 14.0. The number of hydrogen-bond donors (Lipinski definition) is 2. The molecule has 4 saturated heterocycles. The number of carboxylic acid groups (broad SMARTS) is 2. The quantitative estimate of drug-likeness (QED) is 0.254. The highest BCUT2D eigenvalue weighted by Crippen LogP contribution is 2.54. The van der Waals surface area contributed by atoms with E-state index in [0.717, 1.165) is 13.1 Å². The number of carbonyl (C=O) groups excluding carboxylic acids is 2. The number of carboxylic acids is 2. The van der Waals surface area contributed by atoms with Gasteiger partial charge in [0.05, 0.1) is 30.2 Å². The Morgan fingerprint density at radius 2 is 1.79 bits per heavy atom. The van der Waals surface area contributed by atoms with Crippen LogP contribution in [0, 0.1) is 11.8 Å². The summed E-state index contributed by atoms with van der Waals surface area (Å²) in [5, 5.41) is 25.1. The molecule has 0 aromatic carbocycles. The molecule has 1 aliphatic carbocycles. The molecule has 230 valence electrons. The number of rotatable bonds is 6. The first-order valence-corrected chi connectivity index (χ1v) is 16.5. The van der Waals surface area contributed by atoms with Crippen molar-refractivity contribution in [3.8, 4) is 0 Å². The first kappa shape index (κ1) is 30.4. The van der Waals surface area contributed by atoms with Gasteiger partial charge in [-0.2, -0.15) is 0 Å². The Hall–Kier alpha value is -3.01. The van der Waals surface area contributed by atoms with Crippen LogP contribution in [0.5, 0.6) is 0 Å². The van der Waals surface area contributed by atoms with E-state index in [4.69, 9.17) is 0 Å². The van der Waals surface area contributed by atoms with Crippen LogP contribution in [-0.2, 0) is 35.6 Å². The second-order valence-corrected chi connectivity index (χ2v) is 16.7. The van der Waals surface area contributed by atoms with Crippen LogP contribution in [0.2, 0.25) is 0 Å². The summed E-state index contributed by atoms with van der Waals surface area (Å²) >= 11 is 1.55. The molecule has 5 heterocycles. The van der Waals surface area contributed by atoms with Gasteiger partial charge in [0.25, 0.3) is 5.91 Å². The lowest BCUT2D eigenvalue weighted by molar-refractivity contribution is -0.158. The van der Waals surface area contributed by atoms with Gasteiger partial charge in [-0.25, -0.2) is 13.2 Å². The Kier molecular flexibility index (Phi) is 7.92. The van der Waals surface area contributed by atoms with Crippen molar-refractivity contribution in [2.24, 2.45) is 16.8 Å². The number of carbonyl (C=O) groups is 4. The van der Waals surface area contributed by atoms with Crippen LogP contribution in [0.1, 0.15) is 52.9 Å². The van der Waals surface area contributed by atoms with Crippen molar-refractivity contribution in [2.75, 3.05) is 13.1 Å². The summed E-state index contributed by atoms with van der Waals surface area (Å²) in [4.78, 5) is 55.1. The van der Waals surface area contributed by atoms with Gasteiger partial charge in [-0.05, 0) is 33.6 Å². The molecule has 6 rings (SSSR count). The van der Waals surface area contributed by atoms with E-state index in [9.17, 15) is 37.8 Å². The second-order valence-electron chi connectivity index (χ2n) is 12.3. The summed E-state index contributed by atoms with van der Waals surface area (Å²) in [6.45, 7) is 7.03. The fourth-order valence-corrected chi connectivity index (χ4v) is 11.2. The van der Waals surface area contributed by atoms with E-state index in [1.54, 1.807) is 11.8 Å². The van der Waals surface area contributed by atoms with E-state index in [1.807, 2.05) is 20.2 Å². The summed E-state index contributed by atoms with van der Waals surface area (Å²) in [6.07, 6.45) is 9.45. The van der Waals surface area contributed by atoms with E-state index >= 15 is 0 Å². The number of thioether (sulfide) groups is 1. The minimum absolute atomic E-state index is 0.0796. The van der Waals surface area contributed by atoms with Crippen molar-refractivity contribution in [1.82, 2.24) is 24.8 Å². The number of nitrogens with zero attached hydrogens (tertiary/aromatic N) is 6. The third kappa shape index (κ3) is 4.89. The van der Waals surface area contributed by atoms with Gasteiger partial charge < -0.3 is 20.0 Å². The van der Waals surface area contributed by atoms with Crippen LogP contribution in [0.3, 0.4) is 0 Å². The Bertz CT molecular complexity index is 1390. The number of aromatic nitrogens is 3. The summed E-state index contributed by atoms with van der Waals surface area (Å²) in [7, 11) is -3.72. The number of aliphatic imine (C=N–C) groups is 1. The van der Waals surface area contributed by atoms with Gasteiger partial charge in [0.15, 0.2) is 15.9 Å². The largest absolute Gasteiger partial charge is 0.481 e. The summed E-state index contributed by atoms with van der Waals surface area (Å²) in [5.41, 5.74) is 0. The molecule has 0 radical (unpaired) electrons. The Labute approximate surface area is 247 Å². The van der Waals surface area contributed by atoms with Gasteiger partial charge in [-0.1, -0.05) is 18.1 Å². The number of aliphatic carboxylic acids is 2. The molecule has 4 aliphatic heterocycles. The topological polar surface area (TPSA) is 192 Å². The Morgan fingerprint density at radius 1 is 1.12 bits per heavy atom. The molecule has 1 saturated carbocycles. The summed E-state index contributed by atoms with van der Waals surface area (Å²) in [6, 6.07) is -1.17. The highest BCUT2D eigenvalue weighted by atomic mass is 32.2. The molecule has 1 aromatic heterocycles. The van der Waals surface area contributed by atoms with Crippen LogP contribution in [0.25, 0.3) is 0 Å². The van der Waals surface area contributed by atoms with Gasteiger partial charge >= 0.3 is 11.9 Å². The lowest BCUT2D eigenvalue weighted by atomic mass is 9.70. The standard InChI is InChI=1S/C15H23N3O3S.C11H13N3O5S/c1-15(2)11(14(20)21)18-12(19)10(13(18)22-15)16-9-17-7-5-3-4-6-8-17;1-11(5-14-3-2-12-13-14)9(10(16)17)8-6(15)4-7(8)20(11,18)19/h9-11,13H,3-8H2,1-2H3,(H,20,21);2-3,7-9H,4-5H2,1H3,(H,16,17)/t10-,11+,13-;7?,8?,9-,11-/m10/s1. The van der Waals surface area contributed by atoms with E-state index in [0.29, 0.717) is 0 Å². The number of ketones is 1. The van der Waals surface area contributed by atoms with Gasteiger partial charge in [0.1, 0.15) is 21.9 Å². The van der Waals surface area contributed by atoms with Crippen molar-refractivity contribution < 1.29 is 37.8 Å². The predicted molar refractivity (Wildman–Crippen MR) is 151 cm³/mol. The van der Waals surface area contributed by atoms with E-state index in [2.05, 4.69) is 20.2 Å². The molecule has 2 N–H and O–H groups in total. The van der Waals surface area contributed by atoms with Crippen LogP contribution in [0.15, 0.2) is 17.4 Å². The van der Waals surface area contributed by atoms with E-state index in [1.165, 1.54) is 54.6 Å². The highest BCUT2D eigenvalue weighted by molar-refractivity contribution is 8.01. The number of sulfone groups is 1. The highest BCUT2D eigenvalue weighted by Gasteiger charge is 2.71. The molecule has 42 heavy (non-hydrogen) atoms. The molecular formula is C26H36N6O8S2. The van der Waals surface area contributed by atoms with Crippen LogP contribution < -0.4 is 0 Å². The molecule has 5 fully saturated rings. The third-order valence-corrected chi connectivity index (χ3v) is 13.6. The van der Waals surface area contributed by atoms with Gasteiger partial charge in [-0.15, -0.1) is 16.9 Å². The fourth-order valence-electron chi connectivity index (χ4n) is 6.86. The molecule has 0 spiro atoms. The van der Waals surface area contributed by atoms with Crippen LogP contribution in [0.4, 0.5) is 0 Å². The zero-order valence-corrected chi connectivity index (χ0v) is 25.3. The zero-order valence-electron chi connectivity index (χ0n) is 23.7. The number of amides is 1. The maximum atomic E-state index is 12.6. The summed E-state index contributed by atoms with van der Waals surface area (Å²) < 4.78 is 24.4. The molecule has 2 unspecified atom stereocenters. The van der Waals surface area contributed by atoms with Crippen LogP contribution in [-0.4, -0.2) is 119 Å². The fraction of sp³-hybridized carbons (Fsp3) is 0.731. The Morgan fingerprint density at radius 3 is 2.33 bits per heavy atom. The molecular weight excluding hydrogens is 588 g/mol. The minimum atomic E-state index is -3.72. The maximum Gasteiger partial charge on any atom is 0.327 e. The Balaban J connectivity index is 0.000000169. The van der Waals surface area contributed by atoms with Crippen molar-refractivity contribution in [3.05, 3.63) is 12.4 Å². The molecule has 0 bridgehead atoms. The molecule has 1 aromatic rings. The normalized spacial score (nSPS) is 36.3. The number of likely N-dealkylation sites (tertiary alicyclic amines) is 1. The number of β-lactam (4-membered cyclic amide) rings is 1. The lowest BCUT2D eigenvalue weighted by Gasteiger charge is -2.41. The van der Waals surface area contributed by atoms with E-state index < -0.39 is 60.4 Å². The molecule has 5 aliphatic rings. The molecule has 7 atom stereocenters. The smallest absolute Gasteiger partial charge is 0.327 e. The van der Waals surface area contributed by atoms with Gasteiger partial charge in [0, 0.05) is 36.4 Å². The second kappa shape index (κ2) is 10.9. The van der Waals surface area contributed by atoms with Crippen molar-refractivity contribution >= 4 is 51.6 Å². The monoisotopic (exact) mass is 624 g/mol. The van der Waals surface area contributed by atoms with Crippen molar-refractivity contribution in [2.45, 2.75) is 91.6 Å².